The van der Waals surface area contributed by atoms with Crippen LogP contribution in [-0.2, 0) is 0 Å². The molecule has 0 amide bonds. The monoisotopic (exact) mass is 297 g/mol. The van der Waals surface area contributed by atoms with E-state index in [0.717, 1.165) is 12.6 Å². The van der Waals surface area contributed by atoms with Gasteiger partial charge in [0.1, 0.15) is 0 Å². The molecule has 1 aliphatic heterocycles. The molecule has 1 unspecified atom stereocenters. The minimum absolute atomic E-state index is 0.209. The molecule has 0 aromatic heterocycles. The van der Waals surface area contributed by atoms with Crippen molar-refractivity contribution < 1.29 is 0 Å². The zero-order valence-corrected chi connectivity index (χ0v) is 15.6. The second kappa shape index (κ2) is 7.94. The van der Waals surface area contributed by atoms with Gasteiger partial charge in [-0.05, 0) is 72.6 Å². The Morgan fingerprint density at radius 1 is 1.14 bits per heavy atom. The molecule has 3 heteroatoms. The van der Waals surface area contributed by atoms with Gasteiger partial charge in [0.25, 0.3) is 0 Å². The summed E-state index contributed by atoms with van der Waals surface area (Å²) in [5.74, 6) is 0. The van der Waals surface area contributed by atoms with Gasteiger partial charge >= 0.3 is 0 Å². The first-order valence-electron chi connectivity index (χ1n) is 8.79. The van der Waals surface area contributed by atoms with Gasteiger partial charge in [0, 0.05) is 24.7 Å². The van der Waals surface area contributed by atoms with E-state index in [1.54, 1.807) is 0 Å². The minimum Gasteiger partial charge on any atom is -0.311 e. The average Bonchev–Trinajstić information content (AvgIpc) is 2.37. The topological polar surface area (TPSA) is 18.5 Å². The summed E-state index contributed by atoms with van der Waals surface area (Å²) >= 11 is 0. The third-order valence-electron chi connectivity index (χ3n) is 4.84. The number of piperidine rings is 1. The molecule has 1 atom stereocenters. The van der Waals surface area contributed by atoms with Crippen LogP contribution in [0.3, 0.4) is 0 Å². The maximum absolute atomic E-state index is 3.73. The quantitative estimate of drug-likeness (QED) is 0.778. The van der Waals surface area contributed by atoms with E-state index in [2.05, 4.69) is 63.8 Å². The summed E-state index contributed by atoms with van der Waals surface area (Å²) in [5.41, 5.74) is 0.585. The van der Waals surface area contributed by atoms with Crippen LogP contribution in [0.5, 0.6) is 0 Å². The van der Waals surface area contributed by atoms with E-state index in [1.165, 1.54) is 45.3 Å². The van der Waals surface area contributed by atoms with Gasteiger partial charge in [-0.2, -0.15) is 0 Å². The molecule has 126 valence electrons. The molecule has 0 aliphatic carbocycles. The molecule has 0 spiro atoms. The summed E-state index contributed by atoms with van der Waals surface area (Å²) in [5, 5.41) is 3.73. The predicted molar refractivity (Wildman–Crippen MR) is 93.9 cm³/mol. The van der Waals surface area contributed by atoms with Crippen LogP contribution in [0.2, 0.25) is 0 Å². The Morgan fingerprint density at radius 3 is 2.19 bits per heavy atom. The van der Waals surface area contributed by atoms with Crippen molar-refractivity contribution in [2.75, 3.05) is 40.3 Å². The van der Waals surface area contributed by atoms with Gasteiger partial charge in [-0.1, -0.05) is 20.3 Å². The van der Waals surface area contributed by atoms with Crippen LogP contribution in [0, 0.1) is 5.41 Å². The third kappa shape index (κ3) is 7.12. The number of nitrogens with zero attached hydrogens (tertiary/aromatic N) is 2. The molecule has 1 aliphatic rings. The second-order valence-corrected chi connectivity index (χ2v) is 8.61. The largest absolute Gasteiger partial charge is 0.311 e. The standard InChI is InChI=1S/C18H39N3/c1-8-11-18(5,14-19-17(2,3)4)15-21(7)16-9-12-20(6)13-10-16/h16,19H,8-15H2,1-7H3. The zero-order chi connectivity index (χ0) is 16.1. The van der Waals surface area contributed by atoms with E-state index < -0.39 is 0 Å². The van der Waals surface area contributed by atoms with Gasteiger partial charge < -0.3 is 15.1 Å². The fourth-order valence-corrected chi connectivity index (χ4v) is 3.47. The van der Waals surface area contributed by atoms with Gasteiger partial charge in [-0.15, -0.1) is 0 Å². The molecular formula is C18H39N3. The molecule has 21 heavy (non-hydrogen) atoms. The molecule has 0 radical (unpaired) electrons. The molecule has 0 aromatic carbocycles. The first-order valence-corrected chi connectivity index (χ1v) is 8.79. The smallest absolute Gasteiger partial charge is 0.0117 e. The summed E-state index contributed by atoms with van der Waals surface area (Å²) in [4.78, 5) is 5.09. The molecule has 1 fully saturated rings. The van der Waals surface area contributed by atoms with Crippen molar-refractivity contribution in [1.29, 1.82) is 0 Å². The normalized spacial score (nSPS) is 21.7. The van der Waals surface area contributed by atoms with Crippen LogP contribution < -0.4 is 5.32 Å². The van der Waals surface area contributed by atoms with Gasteiger partial charge in [0.15, 0.2) is 0 Å². The summed E-state index contributed by atoms with van der Waals surface area (Å²) in [6, 6.07) is 0.770. The van der Waals surface area contributed by atoms with E-state index in [9.17, 15) is 0 Å². The lowest BCUT2D eigenvalue weighted by molar-refractivity contribution is 0.0907. The Labute approximate surface area is 133 Å². The van der Waals surface area contributed by atoms with E-state index in [0.29, 0.717) is 5.41 Å². The highest BCUT2D eigenvalue weighted by Crippen LogP contribution is 2.27. The zero-order valence-electron chi connectivity index (χ0n) is 15.6. The number of hydrogen-bond acceptors (Lipinski definition) is 3. The predicted octanol–water partition coefficient (Wildman–Crippen LogP) is 3.21. The van der Waals surface area contributed by atoms with Crippen molar-refractivity contribution in [3.8, 4) is 0 Å². The Balaban J connectivity index is 2.55. The molecule has 0 bridgehead atoms. The molecular weight excluding hydrogens is 258 g/mol. The molecule has 1 heterocycles. The Bertz CT molecular complexity index is 289. The number of nitrogens with one attached hydrogen (secondary N) is 1. The molecule has 1 saturated heterocycles. The fourth-order valence-electron chi connectivity index (χ4n) is 3.47. The summed E-state index contributed by atoms with van der Waals surface area (Å²) in [6.07, 6.45) is 5.21. The van der Waals surface area contributed by atoms with Crippen LogP contribution >= 0.6 is 0 Å². The second-order valence-electron chi connectivity index (χ2n) is 8.61. The highest BCUT2D eigenvalue weighted by Gasteiger charge is 2.30. The van der Waals surface area contributed by atoms with E-state index >= 15 is 0 Å². The summed E-state index contributed by atoms with van der Waals surface area (Å²) in [7, 11) is 4.58. The maximum atomic E-state index is 3.73. The Morgan fingerprint density at radius 2 is 1.71 bits per heavy atom. The Hall–Kier alpha value is -0.120. The van der Waals surface area contributed by atoms with Crippen molar-refractivity contribution in [2.24, 2.45) is 5.41 Å². The number of likely N-dealkylation sites (tertiary alicyclic amines) is 1. The van der Waals surface area contributed by atoms with Crippen LogP contribution in [0.25, 0.3) is 0 Å². The van der Waals surface area contributed by atoms with Gasteiger partial charge in [0.2, 0.25) is 0 Å². The SMILES string of the molecule is CCCC(C)(CNC(C)(C)C)CN(C)C1CCN(C)CC1. The molecule has 3 nitrogen and oxygen atoms in total. The van der Waals surface area contributed by atoms with Gasteiger partial charge in [0.05, 0.1) is 0 Å². The Kier molecular flexibility index (Phi) is 7.15. The number of rotatable bonds is 7. The average molecular weight is 298 g/mol. The fraction of sp³-hybridized carbons (Fsp3) is 1.00. The first kappa shape index (κ1) is 18.9. The summed E-state index contributed by atoms with van der Waals surface area (Å²) < 4.78 is 0. The van der Waals surface area contributed by atoms with Crippen LogP contribution in [0.4, 0.5) is 0 Å². The highest BCUT2D eigenvalue weighted by atomic mass is 15.2. The van der Waals surface area contributed by atoms with Crippen molar-refractivity contribution in [3.05, 3.63) is 0 Å². The first-order chi connectivity index (χ1) is 9.65. The van der Waals surface area contributed by atoms with Crippen molar-refractivity contribution >= 4 is 0 Å². The maximum Gasteiger partial charge on any atom is 0.0117 e. The molecule has 0 saturated carbocycles. The lowest BCUT2D eigenvalue weighted by Crippen LogP contribution is -2.50. The van der Waals surface area contributed by atoms with Crippen molar-refractivity contribution in [1.82, 2.24) is 15.1 Å². The third-order valence-corrected chi connectivity index (χ3v) is 4.84. The lowest BCUT2D eigenvalue weighted by Gasteiger charge is -2.41. The van der Waals surface area contributed by atoms with Gasteiger partial charge in [-0.3, -0.25) is 0 Å². The van der Waals surface area contributed by atoms with Crippen LogP contribution in [0.1, 0.15) is 60.3 Å². The molecule has 1 N–H and O–H groups in total. The lowest BCUT2D eigenvalue weighted by atomic mass is 9.83. The van der Waals surface area contributed by atoms with Gasteiger partial charge in [-0.25, -0.2) is 0 Å². The minimum atomic E-state index is 0.209. The van der Waals surface area contributed by atoms with Crippen molar-refractivity contribution in [2.45, 2.75) is 71.9 Å². The summed E-state index contributed by atoms with van der Waals surface area (Å²) in [6.45, 7) is 16.4. The number of hydrogen-bond donors (Lipinski definition) is 1. The highest BCUT2D eigenvalue weighted by molar-refractivity contribution is 4.86. The molecule has 0 aromatic rings. The molecule has 1 rings (SSSR count). The van der Waals surface area contributed by atoms with Crippen LogP contribution in [0.15, 0.2) is 0 Å². The van der Waals surface area contributed by atoms with E-state index in [4.69, 9.17) is 0 Å². The van der Waals surface area contributed by atoms with Crippen molar-refractivity contribution in [3.63, 3.8) is 0 Å². The van der Waals surface area contributed by atoms with Crippen LogP contribution in [-0.4, -0.2) is 61.7 Å². The van der Waals surface area contributed by atoms with E-state index in [1.807, 2.05) is 0 Å². The van der Waals surface area contributed by atoms with E-state index in [-0.39, 0.29) is 5.54 Å².